The van der Waals surface area contributed by atoms with Crippen LogP contribution in [0.1, 0.15) is 47.8 Å². The average molecular weight is 368 g/mol. The van der Waals surface area contributed by atoms with Gasteiger partial charge < -0.3 is 10.6 Å². The van der Waals surface area contributed by atoms with Crippen molar-refractivity contribution in [2.24, 2.45) is 11.7 Å². The highest BCUT2D eigenvalue weighted by Gasteiger charge is 2.25. The normalized spacial score (nSPS) is 15.1. The van der Waals surface area contributed by atoms with E-state index in [4.69, 9.17) is 5.73 Å². The fraction of sp³-hybridized carbons (Fsp3) is 0.476. The van der Waals surface area contributed by atoms with Gasteiger partial charge in [0.25, 0.3) is 5.91 Å². The topological polar surface area (TPSA) is 81.2 Å². The molecule has 0 aliphatic carbocycles. The average Bonchev–Trinajstić information content (AvgIpc) is 3.16. The molecule has 0 bridgehead atoms. The van der Waals surface area contributed by atoms with Gasteiger partial charge in [-0.1, -0.05) is 24.3 Å². The Hall–Kier alpha value is -2.63. The molecule has 0 spiro atoms. The largest absolute Gasteiger partial charge is 0.370 e. The van der Waals surface area contributed by atoms with E-state index >= 15 is 0 Å². The first-order chi connectivity index (χ1) is 13.1. The van der Waals surface area contributed by atoms with Gasteiger partial charge in [-0.3, -0.25) is 14.3 Å². The molecule has 27 heavy (non-hydrogen) atoms. The second kappa shape index (κ2) is 8.84. The summed E-state index contributed by atoms with van der Waals surface area (Å²) in [5, 5.41) is 4.19. The van der Waals surface area contributed by atoms with E-state index in [1.54, 1.807) is 16.9 Å². The quantitative estimate of drug-likeness (QED) is 0.815. The van der Waals surface area contributed by atoms with Crippen LogP contribution in [0, 0.1) is 5.92 Å². The van der Waals surface area contributed by atoms with Gasteiger partial charge in [0, 0.05) is 32.3 Å². The van der Waals surface area contributed by atoms with Crippen molar-refractivity contribution in [1.82, 2.24) is 14.7 Å². The minimum atomic E-state index is -0.262. The number of piperidine rings is 1. The molecule has 1 aliphatic rings. The monoisotopic (exact) mass is 368 g/mol. The summed E-state index contributed by atoms with van der Waals surface area (Å²) < 4.78 is 1.76. The smallest absolute Gasteiger partial charge is 0.272 e. The Labute approximate surface area is 160 Å². The predicted molar refractivity (Wildman–Crippen MR) is 104 cm³/mol. The Morgan fingerprint density at radius 3 is 2.41 bits per heavy atom. The van der Waals surface area contributed by atoms with Crippen molar-refractivity contribution in [3.63, 3.8) is 0 Å². The molecule has 1 aliphatic heterocycles. The van der Waals surface area contributed by atoms with Gasteiger partial charge in [-0.2, -0.15) is 5.10 Å². The Balaban J connectivity index is 1.49. The summed E-state index contributed by atoms with van der Waals surface area (Å²) in [6.07, 6.45) is 5.86. The van der Waals surface area contributed by atoms with Gasteiger partial charge in [-0.15, -0.1) is 0 Å². The van der Waals surface area contributed by atoms with Gasteiger partial charge in [0.2, 0.25) is 5.91 Å². The number of aromatic nitrogens is 2. The van der Waals surface area contributed by atoms with Crippen LogP contribution in [0.2, 0.25) is 0 Å². The summed E-state index contributed by atoms with van der Waals surface area (Å²) in [4.78, 5) is 25.5. The fourth-order valence-corrected chi connectivity index (χ4v) is 3.71. The molecule has 1 aromatic carbocycles. The lowest BCUT2D eigenvalue weighted by molar-refractivity contribution is -0.117. The number of hydrogen-bond acceptors (Lipinski definition) is 3. The molecule has 2 aromatic rings. The SMILES string of the molecule is CCn1nccc1C(=O)N1CCC(Cc2ccc(CCC(N)=O)cc2)CC1. The minimum Gasteiger partial charge on any atom is -0.370 e. The minimum absolute atomic E-state index is 0.0894. The fourth-order valence-electron chi connectivity index (χ4n) is 3.71. The Morgan fingerprint density at radius 2 is 1.78 bits per heavy atom. The third kappa shape index (κ3) is 4.96. The molecule has 0 radical (unpaired) electrons. The molecular formula is C21H28N4O2. The standard InChI is InChI=1S/C21H28N4O2/c1-2-25-19(9-12-23-25)21(27)24-13-10-18(11-14-24)15-17-5-3-16(4-6-17)7-8-20(22)26/h3-6,9,12,18H,2,7-8,10-11,13-15H2,1H3,(H2,22,26). The number of likely N-dealkylation sites (tertiary alicyclic amines) is 1. The van der Waals surface area contributed by atoms with Crippen LogP contribution in [0.3, 0.4) is 0 Å². The molecule has 2 heterocycles. The van der Waals surface area contributed by atoms with Crippen molar-refractivity contribution in [1.29, 1.82) is 0 Å². The number of nitrogens with two attached hydrogens (primary N) is 1. The third-order valence-electron chi connectivity index (χ3n) is 5.34. The van der Waals surface area contributed by atoms with E-state index in [1.165, 1.54) is 5.56 Å². The summed E-state index contributed by atoms with van der Waals surface area (Å²) in [5.41, 5.74) is 8.34. The highest BCUT2D eigenvalue weighted by molar-refractivity contribution is 5.92. The summed E-state index contributed by atoms with van der Waals surface area (Å²) in [7, 11) is 0. The van der Waals surface area contributed by atoms with E-state index in [0.29, 0.717) is 31.0 Å². The molecule has 2 N–H and O–H groups in total. The van der Waals surface area contributed by atoms with E-state index in [2.05, 4.69) is 29.4 Å². The van der Waals surface area contributed by atoms with E-state index in [-0.39, 0.29) is 11.8 Å². The number of carbonyl (C=O) groups excluding carboxylic acids is 2. The summed E-state index contributed by atoms with van der Waals surface area (Å²) in [5.74, 6) is 0.426. The van der Waals surface area contributed by atoms with Crippen LogP contribution in [-0.2, 0) is 24.2 Å². The molecule has 2 amide bonds. The number of amides is 2. The lowest BCUT2D eigenvalue weighted by Crippen LogP contribution is -2.39. The molecular weight excluding hydrogens is 340 g/mol. The van der Waals surface area contributed by atoms with Crippen LogP contribution in [0.5, 0.6) is 0 Å². The third-order valence-corrected chi connectivity index (χ3v) is 5.34. The molecule has 0 atom stereocenters. The maximum absolute atomic E-state index is 12.7. The van der Waals surface area contributed by atoms with E-state index in [9.17, 15) is 9.59 Å². The predicted octanol–water partition coefficient (Wildman–Crippen LogP) is 2.42. The van der Waals surface area contributed by atoms with Crippen molar-refractivity contribution in [2.45, 2.75) is 45.6 Å². The zero-order valence-corrected chi connectivity index (χ0v) is 15.9. The van der Waals surface area contributed by atoms with Crippen LogP contribution in [0.4, 0.5) is 0 Å². The van der Waals surface area contributed by atoms with Gasteiger partial charge in [0.15, 0.2) is 0 Å². The number of benzene rings is 1. The van der Waals surface area contributed by atoms with Crippen LogP contribution >= 0.6 is 0 Å². The van der Waals surface area contributed by atoms with Crippen LogP contribution in [0.15, 0.2) is 36.5 Å². The van der Waals surface area contributed by atoms with Gasteiger partial charge in [0.1, 0.15) is 5.69 Å². The van der Waals surface area contributed by atoms with E-state index in [0.717, 1.165) is 37.9 Å². The first-order valence-corrected chi connectivity index (χ1v) is 9.74. The number of carbonyl (C=O) groups is 2. The van der Waals surface area contributed by atoms with Crippen LogP contribution in [0.25, 0.3) is 0 Å². The molecule has 144 valence electrons. The lowest BCUT2D eigenvalue weighted by Gasteiger charge is -2.32. The zero-order chi connectivity index (χ0) is 19.2. The van der Waals surface area contributed by atoms with Crippen LogP contribution < -0.4 is 5.73 Å². The zero-order valence-electron chi connectivity index (χ0n) is 15.9. The van der Waals surface area contributed by atoms with Gasteiger partial charge in [-0.05, 0) is 55.7 Å². The van der Waals surface area contributed by atoms with Crippen molar-refractivity contribution in [3.05, 3.63) is 53.3 Å². The number of primary amides is 1. The van der Waals surface area contributed by atoms with Crippen molar-refractivity contribution >= 4 is 11.8 Å². The number of nitrogens with zero attached hydrogens (tertiary/aromatic N) is 3. The Morgan fingerprint density at radius 1 is 1.11 bits per heavy atom. The van der Waals surface area contributed by atoms with Gasteiger partial charge in [-0.25, -0.2) is 0 Å². The molecule has 3 rings (SSSR count). The second-order valence-corrected chi connectivity index (χ2v) is 7.25. The summed E-state index contributed by atoms with van der Waals surface area (Å²) >= 11 is 0. The molecule has 0 saturated carbocycles. The van der Waals surface area contributed by atoms with E-state index < -0.39 is 0 Å². The molecule has 6 heteroatoms. The van der Waals surface area contributed by atoms with Gasteiger partial charge in [0.05, 0.1) is 0 Å². The maximum atomic E-state index is 12.7. The Bertz CT molecular complexity index is 774. The first kappa shape index (κ1) is 19.1. The highest BCUT2D eigenvalue weighted by Crippen LogP contribution is 2.23. The first-order valence-electron chi connectivity index (χ1n) is 9.74. The lowest BCUT2D eigenvalue weighted by atomic mass is 9.89. The molecule has 6 nitrogen and oxygen atoms in total. The molecule has 1 aromatic heterocycles. The second-order valence-electron chi connectivity index (χ2n) is 7.25. The Kier molecular flexibility index (Phi) is 6.27. The molecule has 1 fully saturated rings. The highest BCUT2D eigenvalue weighted by atomic mass is 16.2. The van der Waals surface area contributed by atoms with E-state index in [1.807, 2.05) is 11.8 Å². The molecule has 0 unspecified atom stereocenters. The summed E-state index contributed by atoms with van der Waals surface area (Å²) in [6, 6.07) is 10.3. The number of rotatable bonds is 7. The summed E-state index contributed by atoms with van der Waals surface area (Å²) in [6.45, 7) is 4.30. The number of hydrogen-bond donors (Lipinski definition) is 1. The van der Waals surface area contributed by atoms with Crippen LogP contribution in [-0.4, -0.2) is 39.6 Å². The van der Waals surface area contributed by atoms with Crippen molar-refractivity contribution in [3.8, 4) is 0 Å². The number of aryl methyl sites for hydroxylation is 2. The van der Waals surface area contributed by atoms with Gasteiger partial charge >= 0.3 is 0 Å². The maximum Gasteiger partial charge on any atom is 0.272 e. The van der Waals surface area contributed by atoms with Crippen molar-refractivity contribution in [2.75, 3.05) is 13.1 Å². The molecule has 1 saturated heterocycles. The van der Waals surface area contributed by atoms with Crippen molar-refractivity contribution < 1.29 is 9.59 Å².